The number of halogens is 1. The summed E-state index contributed by atoms with van der Waals surface area (Å²) in [5.74, 6) is 1.05. The van der Waals surface area contributed by atoms with Gasteiger partial charge in [-0.15, -0.1) is 0 Å². The van der Waals surface area contributed by atoms with Crippen LogP contribution in [0.25, 0.3) is 0 Å². The summed E-state index contributed by atoms with van der Waals surface area (Å²) in [6.45, 7) is 0.491. The molecular weight excluding hydrogens is 306 g/mol. The number of carbonyl (C=O) groups excluding carboxylic acids is 1. The van der Waals surface area contributed by atoms with E-state index in [9.17, 15) is 4.79 Å². The molecule has 114 valence electrons. The van der Waals surface area contributed by atoms with Gasteiger partial charge in [-0.2, -0.15) is 0 Å². The molecule has 0 saturated heterocycles. The first kappa shape index (κ1) is 14.5. The van der Waals surface area contributed by atoms with E-state index >= 15 is 0 Å². The highest BCUT2D eigenvalue weighted by atomic mass is 35.5. The highest BCUT2D eigenvalue weighted by Crippen LogP contribution is 2.35. The SMILES string of the molecule is NC(=O)[C@H]1COc2ccc(OCc3cccc(Cl)c3)cc2O1. The van der Waals surface area contributed by atoms with E-state index in [1.54, 1.807) is 24.3 Å². The monoisotopic (exact) mass is 319 g/mol. The minimum Gasteiger partial charge on any atom is -0.489 e. The van der Waals surface area contributed by atoms with Gasteiger partial charge < -0.3 is 19.9 Å². The second-order valence-corrected chi connectivity index (χ2v) is 5.28. The molecular formula is C16H14ClNO4. The molecule has 0 spiro atoms. The number of primary amides is 1. The van der Waals surface area contributed by atoms with Crippen molar-refractivity contribution in [3.05, 3.63) is 53.1 Å². The maximum Gasteiger partial charge on any atom is 0.262 e. The molecule has 0 fully saturated rings. The molecule has 1 heterocycles. The summed E-state index contributed by atoms with van der Waals surface area (Å²) >= 11 is 5.93. The average Bonchev–Trinajstić information content (AvgIpc) is 2.52. The molecule has 3 rings (SSSR count). The number of ether oxygens (including phenoxy) is 3. The highest BCUT2D eigenvalue weighted by molar-refractivity contribution is 6.30. The Kier molecular flexibility index (Phi) is 4.06. The molecule has 2 N–H and O–H groups in total. The van der Waals surface area contributed by atoms with Crippen molar-refractivity contribution in [2.75, 3.05) is 6.61 Å². The maximum absolute atomic E-state index is 11.2. The van der Waals surface area contributed by atoms with E-state index in [2.05, 4.69) is 0 Å². The third kappa shape index (κ3) is 3.26. The Balaban J connectivity index is 1.71. The molecule has 22 heavy (non-hydrogen) atoms. The zero-order valence-corrected chi connectivity index (χ0v) is 12.4. The second kappa shape index (κ2) is 6.15. The summed E-state index contributed by atoms with van der Waals surface area (Å²) in [4.78, 5) is 11.2. The Bertz CT molecular complexity index is 704. The van der Waals surface area contributed by atoms with Gasteiger partial charge in [0.25, 0.3) is 5.91 Å². The molecule has 6 heteroatoms. The highest BCUT2D eigenvalue weighted by Gasteiger charge is 2.25. The molecule has 0 unspecified atom stereocenters. The van der Waals surface area contributed by atoms with E-state index < -0.39 is 12.0 Å². The number of carbonyl (C=O) groups is 1. The third-order valence-corrected chi connectivity index (χ3v) is 3.42. The fraction of sp³-hybridized carbons (Fsp3) is 0.188. The minimum absolute atomic E-state index is 0.116. The number of benzene rings is 2. The average molecular weight is 320 g/mol. The molecule has 0 bridgehead atoms. The fourth-order valence-corrected chi connectivity index (χ4v) is 2.29. The summed E-state index contributed by atoms with van der Waals surface area (Å²) < 4.78 is 16.6. The number of hydrogen-bond acceptors (Lipinski definition) is 4. The summed E-state index contributed by atoms with van der Waals surface area (Å²) in [6, 6.07) is 12.6. The van der Waals surface area contributed by atoms with Gasteiger partial charge in [0.05, 0.1) is 0 Å². The van der Waals surface area contributed by atoms with Crippen molar-refractivity contribution in [2.45, 2.75) is 12.7 Å². The Morgan fingerprint density at radius 1 is 1.27 bits per heavy atom. The van der Waals surface area contributed by atoms with E-state index in [-0.39, 0.29) is 6.61 Å². The van der Waals surface area contributed by atoms with Crippen LogP contribution >= 0.6 is 11.6 Å². The number of fused-ring (bicyclic) bond motifs is 1. The molecule has 0 radical (unpaired) electrons. The lowest BCUT2D eigenvalue weighted by Crippen LogP contribution is -2.40. The third-order valence-electron chi connectivity index (χ3n) is 3.19. The van der Waals surface area contributed by atoms with Crippen LogP contribution in [0, 0.1) is 0 Å². The van der Waals surface area contributed by atoms with E-state index in [4.69, 9.17) is 31.5 Å². The predicted molar refractivity (Wildman–Crippen MR) is 81.3 cm³/mol. The standard InChI is InChI=1S/C16H14ClNO4/c17-11-3-1-2-10(6-11)8-20-12-4-5-13-14(7-12)22-15(9-21-13)16(18)19/h1-7,15H,8-9H2,(H2,18,19)/t15-/m1/s1. The normalized spacial score (nSPS) is 16.1. The van der Waals surface area contributed by atoms with E-state index in [1.165, 1.54) is 0 Å². The van der Waals surface area contributed by atoms with Crippen LogP contribution in [0.15, 0.2) is 42.5 Å². The van der Waals surface area contributed by atoms with Gasteiger partial charge in [-0.1, -0.05) is 23.7 Å². The summed E-state index contributed by atoms with van der Waals surface area (Å²) in [5.41, 5.74) is 6.18. The molecule has 0 saturated carbocycles. The van der Waals surface area contributed by atoms with Gasteiger partial charge in [0.15, 0.2) is 11.5 Å². The number of rotatable bonds is 4. The molecule has 1 amide bonds. The van der Waals surface area contributed by atoms with Gasteiger partial charge in [-0.3, -0.25) is 4.79 Å². The first-order valence-corrected chi connectivity index (χ1v) is 7.10. The number of amides is 1. The van der Waals surface area contributed by atoms with Gasteiger partial charge >= 0.3 is 0 Å². The fourth-order valence-electron chi connectivity index (χ4n) is 2.08. The summed E-state index contributed by atoms with van der Waals surface area (Å²) in [6.07, 6.45) is -0.782. The van der Waals surface area contributed by atoms with Crippen molar-refractivity contribution in [3.63, 3.8) is 0 Å². The summed E-state index contributed by atoms with van der Waals surface area (Å²) in [5, 5.41) is 0.660. The topological polar surface area (TPSA) is 70.8 Å². The molecule has 1 atom stereocenters. The second-order valence-electron chi connectivity index (χ2n) is 4.85. The van der Waals surface area contributed by atoms with Crippen molar-refractivity contribution < 1.29 is 19.0 Å². The van der Waals surface area contributed by atoms with Gasteiger partial charge in [-0.25, -0.2) is 0 Å². The lowest BCUT2D eigenvalue weighted by Gasteiger charge is -2.24. The van der Waals surface area contributed by atoms with E-state index in [0.717, 1.165) is 5.56 Å². The Morgan fingerprint density at radius 3 is 2.91 bits per heavy atom. The van der Waals surface area contributed by atoms with Crippen LogP contribution in [-0.4, -0.2) is 18.6 Å². The zero-order chi connectivity index (χ0) is 15.5. The Labute approximate surface area is 132 Å². The lowest BCUT2D eigenvalue weighted by atomic mass is 10.2. The van der Waals surface area contributed by atoms with Crippen molar-refractivity contribution in [1.82, 2.24) is 0 Å². The van der Waals surface area contributed by atoms with Crippen LogP contribution < -0.4 is 19.9 Å². The van der Waals surface area contributed by atoms with Crippen LogP contribution in [0.5, 0.6) is 17.2 Å². The van der Waals surface area contributed by atoms with Crippen LogP contribution in [0.1, 0.15) is 5.56 Å². The van der Waals surface area contributed by atoms with Gasteiger partial charge in [0, 0.05) is 11.1 Å². The Morgan fingerprint density at radius 2 is 2.14 bits per heavy atom. The minimum atomic E-state index is -0.782. The van der Waals surface area contributed by atoms with E-state index in [1.807, 2.05) is 18.2 Å². The number of nitrogens with two attached hydrogens (primary N) is 1. The van der Waals surface area contributed by atoms with E-state index in [0.29, 0.717) is 28.9 Å². The Hall–Kier alpha value is -2.40. The van der Waals surface area contributed by atoms with Crippen LogP contribution in [-0.2, 0) is 11.4 Å². The van der Waals surface area contributed by atoms with Crippen molar-refractivity contribution in [2.24, 2.45) is 5.73 Å². The molecule has 0 aromatic heterocycles. The molecule has 1 aliphatic heterocycles. The first-order valence-electron chi connectivity index (χ1n) is 6.72. The maximum atomic E-state index is 11.2. The predicted octanol–water partition coefficient (Wildman–Crippen LogP) is 2.54. The summed E-state index contributed by atoms with van der Waals surface area (Å²) in [7, 11) is 0. The smallest absolute Gasteiger partial charge is 0.262 e. The molecule has 2 aromatic rings. The van der Waals surface area contributed by atoms with Crippen molar-refractivity contribution in [1.29, 1.82) is 0 Å². The van der Waals surface area contributed by atoms with Crippen molar-refractivity contribution in [3.8, 4) is 17.2 Å². The molecule has 1 aliphatic rings. The van der Waals surface area contributed by atoms with Gasteiger partial charge in [0.1, 0.15) is 19.0 Å². The molecule has 0 aliphatic carbocycles. The van der Waals surface area contributed by atoms with Crippen LogP contribution in [0.2, 0.25) is 5.02 Å². The number of hydrogen-bond donors (Lipinski definition) is 1. The largest absolute Gasteiger partial charge is 0.489 e. The quantitative estimate of drug-likeness (QED) is 0.940. The van der Waals surface area contributed by atoms with Gasteiger partial charge in [0.2, 0.25) is 6.10 Å². The van der Waals surface area contributed by atoms with Crippen LogP contribution in [0.4, 0.5) is 0 Å². The van der Waals surface area contributed by atoms with Gasteiger partial charge in [-0.05, 0) is 29.8 Å². The first-order chi connectivity index (χ1) is 10.6. The van der Waals surface area contributed by atoms with Crippen molar-refractivity contribution >= 4 is 17.5 Å². The lowest BCUT2D eigenvalue weighted by molar-refractivity contribution is -0.127. The zero-order valence-electron chi connectivity index (χ0n) is 11.6. The van der Waals surface area contributed by atoms with Crippen LogP contribution in [0.3, 0.4) is 0 Å². The molecule has 2 aromatic carbocycles. The molecule has 5 nitrogen and oxygen atoms in total.